The van der Waals surface area contributed by atoms with Crippen LogP contribution in [0.25, 0.3) is 98.4 Å². The van der Waals surface area contributed by atoms with Gasteiger partial charge in [-0.3, -0.25) is 0 Å². The third kappa shape index (κ3) is 5.91. The molecule has 0 atom stereocenters. The van der Waals surface area contributed by atoms with Gasteiger partial charge in [-0.25, -0.2) is 0 Å². The number of rotatable bonds is 8. The van der Waals surface area contributed by atoms with Crippen molar-refractivity contribution in [2.45, 2.75) is 27.7 Å². The average molecular weight is 957 g/mol. The van der Waals surface area contributed by atoms with Crippen LogP contribution in [-0.2, 0) is 0 Å². The van der Waals surface area contributed by atoms with Gasteiger partial charge in [-0.15, -0.1) is 0 Å². The molecule has 0 spiro atoms. The molecule has 0 amide bonds. The smallest absolute Gasteiger partial charge is 0.0645 e. The van der Waals surface area contributed by atoms with E-state index in [-0.39, 0.29) is 35.5 Å². The van der Waals surface area contributed by atoms with Crippen LogP contribution >= 0.6 is 0 Å². The van der Waals surface area contributed by atoms with Gasteiger partial charge in [0, 0.05) is 77.0 Å². The van der Waals surface area contributed by atoms with E-state index in [0.717, 1.165) is 121 Å². The second-order valence-corrected chi connectivity index (χ2v) is 19.5. The van der Waals surface area contributed by atoms with Crippen LogP contribution in [0.4, 0.5) is 34.1 Å². The fourth-order valence-electron chi connectivity index (χ4n) is 12.2. The van der Waals surface area contributed by atoms with E-state index in [0.29, 0.717) is 22.7 Å². The summed E-state index contributed by atoms with van der Waals surface area (Å²) >= 11 is 0. The zero-order valence-corrected chi connectivity index (χ0v) is 41.0. The maximum atomic E-state index is 9.52. The Balaban J connectivity index is 1.18. The summed E-state index contributed by atoms with van der Waals surface area (Å²) in [6.07, 6.45) is 0. The molecule has 0 fully saturated rings. The Morgan fingerprint density at radius 1 is 0.338 bits per heavy atom. The number of fused-ring (bicyclic) bond motifs is 12. The molecule has 0 aliphatic rings. The molecule has 0 aliphatic carbocycles. The maximum Gasteiger partial charge on any atom is 0.0645 e. The van der Waals surface area contributed by atoms with Crippen LogP contribution in [0.3, 0.4) is 0 Å². The number of aromatic nitrogens is 2. The summed E-state index contributed by atoms with van der Waals surface area (Å²) in [7, 11) is 0. The second-order valence-electron chi connectivity index (χ2n) is 19.5. The minimum absolute atomic E-state index is 0.0495. The van der Waals surface area contributed by atoms with Gasteiger partial charge in [-0.1, -0.05) is 170 Å². The van der Waals surface area contributed by atoms with Gasteiger partial charge >= 0.3 is 0 Å². The van der Waals surface area contributed by atoms with Crippen molar-refractivity contribution in [3.05, 3.63) is 253 Å². The largest absolute Gasteiger partial charge is 0.310 e. The van der Waals surface area contributed by atoms with E-state index in [9.17, 15) is 5.48 Å². The number of benzene rings is 11. The fraction of sp³-hybridized carbons (Fsp3) is 0.0571. The second kappa shape index (κ2) is 16.1. The summed E-state index contributed by atoms with van der Waals surface area (Å²) in [4.78, 5) is 3.75. The number of aryl methyl sites for hydroxylation is 4. The number of anilines is 6. The van der Waals surface area contributed by atoms with Gasteiger partial charge in [0.15, 0.2) is 0 Å². The molecule has 11 aromatic carbocycles. The van der Waals surface area contributed by atoms with Crippen LogP contribution in [0.2, 0.25) is 0 Å². The summed E-state index contributed by atoms with van der Waals surface area (Å²) < 4.78 is 96.1. The Hall–Kier alpha value is -9.38. The number of hydrogen-bond donors (Lipinski definition) is 0. The third-order valence-corrected chi connectivity index (χ3v) is 15.3. The standard InChI is InChI=1S/C70H50N4/c1-43-33-35-45(3)59(41-43)71(49-25-13-7-14-26-49)57-39-37-53-65-61(47-21-9-5-10-22-47)70-66(62(48-23-11-6-12-24-48)69(65)73-55-31-19-17-29-51(55)63(57)67(53)73)54-38-40-58(64-52-30-18-20-32-56(52)74(70)68(54)64)72(50-27-15-8-16-28-50)60-42-44(2)34-36-46(60)4/h5-42H,1-4H3/i7D,8D,13D,14D,15D,16D,25D,26D,27D,28D. The Bertz CT molecular complexity index is 4930. The molecule has 0 N–H and O–H groups in total. The summed E-state index contributed by atoms with van der Waals surface area (Å²) in [6, 6.07) is 54.2. The molecule has 0 aliphatic heterocycles. The highest BCUT2D eigenvalue weighted by Crippen LogP contribution is 2.57. The van der Waals surface area contributed by atoms with Crippen molar-refractivity contribution >= 4 is 110 Å². The van der Waals surface area contributed by atoms with Crippen LogP contribution in [0, 0.1) is 27.7 Å². The lowest BCUT2D eigenvalue weighted by molar-refractivity contribution is 1.25. The van der Waals surface area contributed by atoms with Gasteiger partial charge in [0.25, 0.3) is 0 Å². The number of nitrogens with zero attached hydrogens (tertiary/aromatic N) is 4. The third-order valence-electron chi connectivity index (χ3n) is 15.3. The molecule has 74 heavy (non-hydrogen) atoms. The topological polar surface area (TPSA) is 15.3 Å². The van der Waals surface area contributed by atoms with Crippen molar-refractivity contribution in [3.63, 3.8) is 0 Å². The SMILES string of the molecule is [2H]c1c([2H])c([2H])c(N(c2cc(C)ccc2C)c2ccc3c4c(-c5ccccc5)c5c(c(-c6ccccc6)c4n4c6ccccc6c2c34)c2ccc(N(c3cc(C)ccc3C)c3c([2H])c([2H])c([2H])c([2H])c3[2H])c3c4ccccc4n5c23)c([2H])c1[2H]. The first-order valence-electron chi connectivity index (χ1n) is 30.0. The first-order valence-corrected chi connectivity index (χ1v) is 25.0. The minimum atomic E-state index is -0.464. The zero-order valence-electron chi connectivity index (χ0n) is 51.0. The highest BCUT2D eigenvalue weighted by atomic mass is 15.2. The quantitative estimate of drug-likeness (QED) is 0.151. The summed E-state index contributed by atoms with van der Waals surface area (Å²) in [5.41, 5.74) is 15.9. The van der Waals surface area contributed by atoms with Gasteiger partial charge in [0.1, 0.15) is 0 Å². The van der Waals surface area contributed by atoms with Gasteiger partial charge in [-0.05, 0) is 122 Å². The Kier molecular flexibility index (Phi) is 7.23. The average Bonchev–Trinajstić information content (AvgIpc) is 1.64. The van der Waals surface area contributed by atoms with E-state index >= 15 is 0 Å². The minimum Gasteiger partial charge on any atom is -0.310 e. The Morgan fingerprint density at radius 3 is 1.15 bits per heavy atom. The molecular weight excluding hydrogens is 897 g/mol. The molecule has 4 heterocycles. The van der Waals surface area contributed by atoms with Gasteiger partial charge in [-0.2, -0.15) is 0 Å². The highest BCUT2D eigenvalue weighted by Gasteiger charge is 2.33. The first-order chi connectivity index (χ1) is 40.6. The van der Waals surface area contributed by atoms with Crippen LogP contribution < -0.4 is 9.80 Å². The molecule has 0 saturated heterocycles. The predicted molar refractivity (Wildman–Crippen MR) is 315 cm³/mol. The van der Waals surface area contributed by atoms with Crippen molar-refractivity contribution in [2.75, 3.05) is 9.80 Å². The predicted octanol–water partition coefficient (Wildman–Crippen LogP) is 19.5. The van der Waals surface area contributed by atoms with Gasteiger partial charge in [0.2, 0.25) is 0 Å². The Morgan fingerprint density at radius 2 is 0.730 bits per heavy atom. The lowest BCUT2D eigenvalue weighted by Gasteiger charge is -2.28. The van der Waals surface area contributed by atoms with E-state index in [4.69, 9.17) is 8.22 Å². The molecule has 0 unspecified atom stereocenters. The molecule has 4 aromatic heterocycles. The van der Waals surface area contributed by atoms with Crippen molar-refractivity contribution in [2.24, 2.45) is 0 Å². The van der Waals surface area contributed by atoms with Crippen LogP contribution in [-0.4, -0.2) is 8.80 Å². The maximum absolute atomic E-state index is 9.52. The number of hydrogen-bond acceptors (Lipinski definition) is 2. The van der Waals surface area contributed by atoms with E-state index < -0.39 is 36.3 Å². The Labute approximate surface area is 443 Å². The van der Waals surface area contributed by atoms with Crippen LogP contribution in [0.15, 0.2) is 230 Å². The van der Waals surface area contributed by atoms with Crippen LogP contribution in [0.1, 0.15) is 36.0 Å². The van der Waals surface area contributed by atoms with Crippen molar-refractivity contribution in [1.29, 1.82) is 0 Å². The molecule has 4 heteroatoms. The van der Waals surface area contributed by atoms with Crippen molar-refractivity contribution in [1.82, 2.24) is 8.80 Å². The van der Waals surface area contributed by atoms with Gasteiger partial charge < -0.3 is 18.6 Å². The van der Waals surface area contributed by atoms with Crippen molar-refractivity contribution < 1.29 is 13.7 Å². The van der Waals surface area contributed by atoms with Gasteiger partial charge in [0.05, 0.1) is 58.2 Å². The molecule has 15 aromatic rings. The fourth-order valence-corrected chi connectivity index (χ4v) is 12.2. The monoisotopic (exact) mass is 956 g/mol. The molecule has 4 nitrogen and oxygen atoms in total. The van der Waals surface area contributed by atoms with E-state index in [1.54, 1.807) is 0 Å². The van der Waals surface area contributed by atoms with E-state index in [1.165, 1.54) is 0 Å². The molecule has 0 bridgehead atoms. The van der Waals surface area contributed by atoms with Crippen molar-refractivity contribution in [3.8, 4) is 22.3 Å². The molecular formula is C70H50N4. The highest BCUT2D eigenvalue weighted by molar-refractivity contribution is 6.39. The molecule has 15 rings (SSSR count). The first kappa shape index (κ1) is 33.3. The molecule has 0 radical (unpaired) electrons. The number of para-hydroxylation sites is 4. The summed E-state index contributed by atoms with van der Waals surface area (Å²) in [6.45, 7) is 7.96. The zero-order chi connectivity index (χ0) is 58.0. The summed E-state index contributed by atoms with van der Waals surface area (Å²) in [5.74, 6) is 0. The molecule has 0 saturated carbocycles. The van der Waals surface area contributed by atoms with E-state index in [2.05, 4.69) is 106 Å². The lowest BCUT2D eigenvalue weighted by atomic mass is 9.89. The molecule has 350 valence electrons. The summed E-state index contributed by atoms with van der Waals surface area (Å²) in [5, 5.41) is 7.43. The van der Waals surface area contributed by atoms with Crippen LogP contribution in [0.5, 0.6) is 0 Å². The van der Waals surface area contributed by atoms with E-state index in [1.807, 2.05) is 110 Å². The normalized spacial score (nSPS) is 13.9. The lowest BCUT2D eigenvalue weighted by Crippen LogP contribution is -2.12.